The summed E-state index contributed by atoms with van der Waals surface area (Å²) in [5.41, 5.74) is 1.83. The van der Waals surface area contributed by atoms with Gasteiger partial charge in [0.2, 0.25) is 11.8 Å². The molecular formula is C18H23F3N2O2. The maximum Gasteiger partial charge on any atom is 0.422 e. The summed E-state index contributed by atoms with van der Waals surface area (Å²) in [7, 11) is 0. The van der Waals surface area contributed by atoms with Crippen molar-refractivity contribution in [2.24, 2.45) is 17.3 Å². The van der Waals surface area contributed by atoms with E-state index in [1.165, 1.54) is 17.8 Å². The van der Waals surface area contributed by atoms with Crippen molar-refractivity contribution in [2.75, 3.05) is 6.61 Å². The van der Waals surface area contributed by atoms with Crippen LogP contribution in [0.15, 0.2) is 30.0 Å². The predicted octanol–water partition coefficient (Wildman–Crippen LogP) is 3.88. The van der Waals surface area contributed by atoms with Crippen LogP contribution in [0.5, 0.6) is 5.88 Å². The Morgan fingerprint density at radius 1 is 1.36 bits per heavy atom. The highest BCUT2D eigenvalue weighted by atomic mass is 19.4. The molecule has 0 spiro atoms. The molecule has 2 atom stereocenters. The molecule has 1 heterocycles. The third kappa shape index (κ3) is 5.21. The molecule has 1 fully saturated rings. The standard InChI is InChI=1S/C18H23F3N2O2/c1-11(2)7-13-15(17(13,3)4)16(24)23-9-12-5-6-14(22-8-12)25-10-18(19,20)21/h5-8,13,15H,9-10H2,1-4H3,(H,23,24)/t13-,15+/m0/s1. The molecule has 0 saturated heterocycles. The summed E-state index contributed by atoms with van der Waals surface area (Å²) in [4.78, 5) is 16.2. The van der Waals surface area contributed by atoms with E-state index in [9.17, 15) is 18.0 Å². The first kappa shape index (κ1) is 19.3. The molecule has 0 aliphatic heterocycles. The molecule has 4 nitrogen and oxygen atoms in total. The molecule has 25 heavy (non-hydrogen) atoms. The lowest BCUT2D eigenvalue weighted by Gasteiger charge is -2.09. The van der Waals surface area contributed by atoms with Crippen molar-refractivity contribution in [2.45, 2.75) is 40.4 Å². The van der Waals surface area contributed by atoms with Gasteiger partial charge in [-0.25, -0.2) is 4.98 Å². The average Bonchev–Trinajstić information content (AvgIpc) is 3.03. The van der Waals surface area contributed by atoms with Gasteiger partial charge in [0.1, 0.15) is 0 Å². The molecule has 1 aliphatic carbocycles. The SMILES string of the molecule is CC(C)=C[C@H]1[C@H](C(=O)NCc2ccc(OCC(F)(F)F)nc2)C1(C)C. The van der Waals surface area contributed by atoms with Crippen LogP contribution in [0.4, 0.5) is 13.2 Å². The van der Waals surface area contributed by atoms with Crippen molar-refractivity contribution in [3.63, 3.8) is 0 Å². The van der Waals surface area contributed by atoms with Crippen molar-refractivity contribution < 1.29 is 22.7 Å². The number of carbonyl (C=O) groups excluding carboxylic acids is 1. The maximum atomic E-state index is 12.4. The summed E-state index contributed by atoms with van der Waals surface area (Å²) in [5.74, 6) is 0.0442. The van der Waals surface area contributed by atoms with Crippen LogP contribution >= 0.6 is 0 Å². The van der Waals surface area contributed by atoms with Crippen molar-refractivity contribution in [1.29, 1.82) is 0 Å². The van der Waals surface area contributed by atoms with Crippen molar-refractivity contribution in [1.82, 2.24) is 10.3 Å². The zero-order chi connectivity index (χ0) is 18.8. The fraction of sp³-hybridized carbons (Fsp3) is 0.556. The van der Waals surface area contributed by atoms with Crippen LogP contribution in [-0.2, 0) is 11.3 Å². The first-order chi connectivity index (χ1) is 11.5. The Morgan fingerprint density at radius 2 is 2.04 bits per heavy atom. The maximum absolute atomic E-state index is 12.4. The highest BCUT2D eigenvalue weighted by Gasteiger charge is 2.60. The van der Waals surface area contributed by atoms with Gasteiger partial charge < -0.3 is 10.1 Å². The van der Waals surface area contributed by atoms with Crippen molar-refractivity contribution in [3.8, 4) is 5.88 Å². The van der Waals surface area contributed by atoms with Gasteiger partial charge in [-0.05, 0) is 30.7 Å². The lowest BCUT2D eigenvalue weighted by molar-refractivity contribution is -0.154. The summed E-state index contributed by atoms with van der Waals surface area (Å²) in [6.45, 7) is 7.05. The second-order valence-corrected chi connectivity index (χ2v) is 7.20. The molecule has 1 aromatic heterocycles. The number of amides is 1. The predicted molar refractivity (Wildman–Crippen MR) is 87.8 cm³/mol. The number of ether oxygens (including phenoxy) is 1. The van der Waals surface area contributed by atoms with Crippen LogP contribution in [0.25, 0.3) is 0 Å². The first-order valence-electron chi connectivity index (χ1n) is 8.08. The van der Waals surface area contributed by atoms with Crippen LogP contribution < -0.4 is 10.1 Å². The Labute approximate surface area is 145 Å². The molecule has 1 aromatic rings. The van der Waals surface area contributed by atoms with Crippen molar-refractivity contribution in [3.05, 3.63) is 35.5 Å². The largest absolute Gasteiger partial charge is 0.468 e. The Bertz CT molecular complexity index is 647. The van der Waals surface area contributed by atoms with E-state index < -0.39 is 12.8 Å². The second-order valence-electron chi connectivity index (χ2n) is 7.20. The molecule has 0 radical (unpaired) electrons. The number of allylic oxidation sites excluding steroid dienone is 2. The van der Waals surface area contributed by atoms with E-state index in [4.69, 9.17) is 0 Å². The summed E-state index contributed by atoms with van der Waals surface area (Å²) in [5, 5.41) is 2.87. The van der Waals surface area contributed by atoms with Gasteiger partial charge in [0.05, 0.1) is 5.92 Å². The Morgan fingerprint density at radius 3 is 2.56 bits per heavy atom. The smallest absolute Gasteiger partial charge is 0.422 e. The van der Waals surface area contributed by atoms with Crippen LogP contribution in [0, 0.1) is 17.3 Å². The molecule has 1 aliphatic rings. The van der Waals surface area contributed by atoms with Crippen LogP contribution in [-0.4, -0.2) is 23.7 Å². The monoisotopic (exact) mass is 356 g/mol. The van der Waals surface area contributed by atoms with Gasteiger partial charge in [0, 0.05) is 18.8 Å². The van der Waals surface area contributed by atoms with Crippen LogP contribution in [0.1, 0.15) is 33.3 Å². The van der Waals surface area contributed by atoms with E-state index in [1.54, 1.807) is 6.07 Å². The highest BCUT2D eigenvalue weighted by Crippen LogP contribution is 2.59. The van der Waals surface area contributed by atoms with E-state index >= 15 is 0 Å². The molecule has 7 heteroatoms. The van der Waals surface area contributed by atoms with Gasteiger partial charge in [-0.1, -0.05) is 31.6 Å². The Balaban J connectivity index is 1.85. The lowest BCUT2D eigenvalue weighted by Crippen LogP contribution is -2.26. The summed E-state index contributed by atoms with van der Waals surface area (Å²) in [6.07, 6.45) is -0.872. The summed E-state index contributed by atoms with van der Waals surface area (Å²) >= 11 is 0. The van der Waals surface area contributed by atoms with Crippen LogP contribution in [0.3, 0.4) is 0 Å². The molecule has 138 valence electrons. The van der Waals surface area contributed by atoms with Crippen LogP contribution in [0.2, 0.25) is 0 Å². The topological polar surface area (TPSA) is 51.2 Å². The number of hydrogen-bond donors (Lipinski definition) is 1. The zero-order valence-electron chi connectivity index (χ0n) is 14.8. The number of nitrogens with zero attached hydrogens (tertiary/aromatic N) is 1. The fourth-order valence-corrected chi connectivity index (χ4v) is 2.90. The van der Waals surface area contributed by atoms with E-state index in [1.807, 2.05) is 13.8 Å². The van der Waals surface area contributed by atoms with Gasteiger partial charge in [-0.2, -0.15) is 13.2 Å². The lowest BCUT2D eigenvalue weighted by atomic mass is 10.1. The fourth-order valence-electron chi connectivity index (χ4n) is 2.90. The zero-order valence-corrected chi connectivity index (χ0v) is 14.8. The minimum absolute atomic E-state index is 0.0232. The molecular weight excluding hydrogens is 333 g/mol. The number of pyridine rings is 1. The molecule has 2 rings (SSSR count). The number of alkyl halides is 3. The third-order valence-electron chi connectivity index (χ3n) is 4.35. The molecule has 0 unspecified atom stereocenters. The van der Waals surface area contributed by atoms with Gasteiger partial charge in [-0.3, -0.25) is 4.79 Å². The molecule has 1 amide bonds. The van der Waals surface area contributed by atoms with Gasteiger partial charge in [-0.15, -0.1) is 0 Å². The number of carbonyl (C=O) groups is 1. The normalized spacial score (nSPS) is 21.4. The first-order valence-corrected chi connectivity index (χ1v) is 8.08. The van der Waals surface area contributed by atoms with Gasteiger partial charge in [0.15, 0.2) is 6.61 Å². The summed E-state index contributed by atoms with van der Waals surface area (Å²) < 4.78 is 40.8. The number of aromatic nitrogens is 1. The molecule has 1 N–H and O–H groups in total. The van der Waals surface area contributed by atoms with E-state index in [2.05, 4.69) is 35.0 Å². The van der Waals surface area contributed by atoms with Gasteiger partial charge >= 0.3 is 6.18 Å². The Hall–Kier alpha value is -2.05. The van der Waals surface area contributed by atoms with Gasteiger partial charge in [0.25, 0.3) is 0 Å². The van der Waals surface area contributed by atoms with E-state index in [-0.39, 0.29) is 35.6 Å². The second kappa shape index (κ2) is 7.06. The van der Waals surface area contributed by atoms with E-state index in [0.29, 0.717) is 5.56 Å². The number of rotatable bonds is 6. The summed E-state index contributed by atoms with van der Waals surface area (Å²) in [6, 6.07) is 2.95. The molecule has 1 saturated carbocycles. The highest BCUT2D eigenvalue weighted by molar-refractivity contribution is 5.83. The minimum Gasteiger partial charge on any atom is -0.468 e. The number of nitrogens with one attached hydrogen (secondary N) is 1. The Kier molecular flexibility index (Phi) is 5.44. The minimum atomic E-state index is -4.40. The number of hydrogen-bond acceptors (Lipinski definition) is 3. The molecule has 0 aromatic carbocycles. The average molecular weight is 356 g/mol. The third-order valence-corrected chi connectivity index (χ3v) is 4.35. The molecule has 0 bridgehead atoms. The van der Waals surface area contributed by atoms with E-state index in [0.717, 1.165) is 0 Å². The number of halogens is 3. The quantitative estimate of drug-likeness (QED) is 0.787. The van der Waals surface area contributed by atoms with Crippen molar-refractivity contribution >= 4 is 5.91 Å².